The molecule has 2 aromatic rings. The summed E-state index contributed by atoms with van der Waals surface area (Å²) in [4.78, 5) is 27.3. The summed E-state index contributed by atoms with van der Waals surface area (Å²) in [5, 5.41) is 20.3. The second kappa shape index (κ2) is 11.0. The molecule has 1 amide bonds. The molecule has 0 radical (unpaired) electrons. The van der Waals surface area contributed by atoms with Crippen LogP contribution >= 0.6 is 0 Å². The maximum absolute atomic E-state index is 13.4. The molecule has 206 valence electrons. The molecule has 7 nitrogen and oxygen atoms in total. The van der Waals surface area contributed by atoms with E-state index in [1.165, 1.54) is 38.5 Å². The summed E-state index contributed by atoms with van der Waals surface area (Å²) in [6, 6.07) is 6.83. The van der Waals surface area contributed by atoms with Crippen LogP contribution in [-0.4, -0.2) is 46.5 Å². The van der Waals surface area contributed by atoms with E-state index in [1.807, 2.05) is 13.0 Å². The Labute approximate surface area is 237 Å². The Balaban J connectivity index is 1.32. The van der Waals surface area contributed by atoms with Gasteiger partial charge in [0.1, 0.15) is 18.0 Å². The number of nitriles is 2. The first kappa shape index (κ1) is 26.5. The molecule has 3 heterocycles. The van der Waals surface area contributed by atoms with Crippen molar-refractivity contribution in [2.24, 2.45) is 11.8 Å². The van der Waals surface area contributed by atoms with E-state index in [0.717, 1.165) is 59.9 Å². The molecule has 4 aliphatic rings. The highest BCUT2D eigenvalue weighted by molar-refractivity contribution is 5.81. The maximum atomic E-state index is 13.4. The molecule has 1 atom stereocenters. The third-order valence-corrected chi connectivity index (χ3v) is 9.50. The SMILES string of the molecule is C=Cc1cc(-c2c(C3CC3)nc(N3CCN(C(=O)CCC4CCCC4)C(C4CC4)C3)c(C#N)c2C)c(C#N)cn1. The number of hydrogen-bond donors (Lipinski definition) is 0. The van der Waals surface area contributed by atoms with Crippen LogP contribution in [0.5, 0.6) is 0 Å². The summed E-state index contributed by atoms with van der Waals surface area (Å²) >= 11 is 0. The van der Waals surface area contributed by atoms with Gasteiger partial charge in [0.25, 0.3) is 0 Å². The van der Waals surface area contributed by atoms with Crippen LogP contribution in [-0.2, 0) is 4.79 Å². The lowest BCUT2D eigenvalue weighted by atomic mass is 9.91. The average Bonchev–Trinajstić information content (AvgIpc) is 3.93. The van der Waals surface area contributed by atoms with Gasteiger partial charge in [-0.3, -0.25) is 9.78 Å². The fourth-order valence-corrected chi connectivity index (χ4v) is 6.91. The van der Waals surface area contributed by atoms with Crippen LogP contribution in [0, 0.1) is 41.4 Å². The van der Waals surface area contributed by atoms with Crippen molar-refractivity contribution in [2.75, 3.05) is 24.5 Å². The van der Waals surface area contributed by atoms with E-state index in [0.29, 0.717) is 54.1 Å². The standard InChI is InChI=1S/C33H38N6O/c1-3-26-16-27(25(17-34)19-36-26)31-21(2)28(18-35)33(37-32(31)24-11-12-24)38-14-15-39(29(20-38)23-9-10-23)30(40)13-8-22-6-4-5-7-22/h3,16,19,22-24,29H,1,4-15,20H2,2H3. The lowest BCUT2D eigenvalue weighted by Crippen LogP contribution is -2.56. The van der Waals surface area contributed by atoms with Crippen LogP contribution in [0.4, 0.5) is 5.82 Å². The fraction of sp³-hybridized carbons (Fsp3) is 0.545. The number of piperazine rings is 1. The van der Waals surface area contributed by atoms with Gasteiger partial charge in [0.2, 0.25) is 5.91 Å². The number of aromatic nitrogens is 2. The Morgan fingerprint density at radius 3 is 2.55 bits per heavy atom. The summed E-state index contributed by atoms with van der Waals surface area (Å²) in [6.07, 6.45) is 14.6. The molecule has 1 aliphatic heterocycles. The molecule has 3 saturated carbocycles. The van der Waals surface area contributed by atoms with Gasteiger partial charge in [-0.1, -0.05) is 32.3 Å². The zero-order valence-corrected chi connectivity index (χ0v) is 23.5. The third kappa shape index (κ3) is 5.10. The smallest absolute Gasteiger partial charge is 0.222 e. The van der Waals surface area contributed by atoms with E-state index in [2.05, 4.69) is 33.5 Å². The van der Waals surface area contributed by atoms with Crippen LogP contribution in [0.25, 0.3) is 17.2 Å². The van der Waals surface area contributed by atoms with Gasteiger partial charge < -0.3 is 9.80 Å². The van der Waals surface area contributed by atoms with Crippen LogP contribution in [0.3, 0.4) is 0 Å². The molecule has 0 bridgehead atoms. The normalized spacial score (nSPS) is 21.2. The Hall–Kier alpha value is -3.71. The zero-order valence-electron chi connectivity index (χ0n) is 23.5. The summed E-state index contributed by atoms with van der Waals surface area (Å²) in [5.41, 5.74) is 5.25. The minimum atomic E-state index is 0.183. The monoisotopic (exact) mass is 534 g/mol. The fourth-order valence-electron chi connectivity index (χ4n) is 6.91. The minimum Gasteiger partial charge on any atom is -0.352 e. The molecular weight excluding hydrogens is 496 g/mol. The molecule has 7 heteroatoms. The van der Waals surface area contributed by atoms with Gasteiger partial charge in [-0.2, -0.15) is 10.5 Å². The molecule has 0 aromatic carbocycles. The Morgan fingerprint density at radius 2 is 1.90 bits per heavy atom. The van der Waals surface area contributed by atoms with Crippen molar-refractivity contribution in [2.45, 2.75) is 83.1 Å². The molecular formula is C33H38N6O. The van der Waals surface area contributed by atoms with Crippen LogP contribution in [0.2, 0.25) is 0 Å². The second-order valence-corrected chi connectivity index (χ2v) is 12.2. The zero-order chi connectivity index (χ0) is 27.8. The topological polar surface area (TPSA) is 96.9 Å². The quantitative estimate of drug-likeness (QED) is 0.405. The first-order chi connectivity index (χ1) is 19.5. The Morgan fingerprint density at radius 1 is 1.12 bits per heavy atom. The first-order valence-electron chi connectivity index (χ1n) is 15.0. The van der Waals surface area contributed by atoms with E-state index < -0.39 is 0 Å². The van der Waals surface area contributed by atoms with Crippen LogP contribution < -0.4 is 4.90 Å². The van der Waals surface area contributed by atoms with Gasteiger partial charge in [-0.25, -0.2) is 4.98 Å². The van der Waals surface area contributed by atoms with Crippen LogP contribution in [0.15, 0.2) is 18.8 Å². The third-order valence-electron chi connectivity index (χ3n) is 9.50. The summed E-state index contributed by atoms with van der Waals surface area (Å²) in [7, 11) is 0. The second-order valence-electron chi connectivity index (χ2n) is 12.2. The number of carbonyl (C=O) groups is 1. The van der Waals surface area contributed by atoms with Crippen molar-refractivity contribution in [1.29, 1.82) is 10.5 Å². The maximum Gasteiger partial charge on any atom is 0.222 e. The molecule has 2 aromatic heterocycles. The molecule has 1 saturated heterocycles. The van der Waals surface area contributed by atoms with Crippen molar-refractivity contribution in [3.8, 4) is 23.3 Å². The Kier molecular flexibility index (Phi) is 7.32. The summed E-state index contributed by atoms with van der Waals surface area (Å²) < 4.78 is 0. The van der Waals surface area contributed by atoms with Crippen molar-refractivity contribution >= 4 is 17.8 Å². The summed E-state index contributed by atoms with van der Waals surface area (Å²) in [5.74, 6) is 2.63. The van der Waals surface area contributed by atoms with E-state index in [4.69, 9.17) is 4.98 Å². The van der Waals surface area contributed by atoms with E-state index in [1.54, 1.807) is 12.3 Å². The molecule has 6 rings (SSSR count). The van der Waals surface area contributed by atoms with Crippen molar-refractivity contribution in [3.05, 3.63) is 46.9 Å². The highest BCUT2D eigenvalue weighted by Crippen LogP contribution is 2.47. The minimum absolute atomic E-state index is 0.183. The van der Waals surface area contributed by atoms with Gasteiger partial charge in [-0.15, -0.1) is 0 Å². The molecule has 4 fully saturated rings. The lowest BCUT2D eigenvalue weighted by Gasteiger charge is -2.43. The van der Waals surface area contributed by atoms with Gasteiger partial charge >= 0.3 is 0 Å². The van der Waals surface area contributed by atoms with E-state index in [9.17, 15) is 15.3 Å². The number of amides is 1. The van der Waals surface area contributed by atoms with Crippen LogP contribution in [0.1, 0.15) is 98.2 Å². The van der Waals surface area contributed by atoms with Gasteiger partial charge in [-0.05, 0) is 68.6 Å². The molecule has 0 spiro atoms. The van der Waals surface area contributed by atoms with E-state index >= 15 is 0 Å². The number of carbonyl (C=O) groups excluding carboxylic acids is 1. The van der Waals surface area contributed by atoms with Crippen molar-refractivity contribution < 1.29 is 4.79 Å². The number of hydrogen-bond acceptors (Lipinski definition) is 6. The van der Waals surface area contributed by atoms with Crippen molar-refractivity contribution in [1.82, 2.24) is 14.9 Å². The number of anilines is 1. The highest BCUT2D eigenvalue weighted by atomic mass is 16.2. The predicted octanol–water partition coefficient (Wildman–Crippen LogP) is 6.11. The Bertz CT molecular complexity index is 1400. The van der Waals surface area contributed by atoms with Gasteiger partial charge in [0, 0.05) is 49.3 Å². The average molecular weight is 535 g/mol. The van der Waals surface area contributed by atoms with Crippen molar-refractivity contribution in [3.63, 3.8) is 0 Å². The number of rotatable bonds is 8. The summed E-state index contributed by atoms with van der Waals surface area (Å²) in [6.45, 7) is 7.93. The van der Waals surface area contributed by atoms with Gasteiger partial charge in [0.15, 0.2) is 0 Å². The molecule has 0 N–H and O–H groups in total. The number of nitrogens with zero attached hydrogens (tertiary/aromatic N) is 6. The largest absolute Gasteiger partial charge is 0.352 e. The molecule has 1 unspecified atom stereocenters. The first-order valence-corrected chi connectivity index (χ1v) is 15.0. The molecule has 40 heavy (non-hydrogen) atoms. The predicted molar refractivity (Wildman–Crippen MR) is 155 cm³/mol. The lowest BCUT2D eigenvalue weighted by molar-refractivity contribution is -0.134. The molecule has 3 aliphatic carbocycles. The van der Waals surface area contributed by atoms with Gasteiger partial charge in [0.05, 0.1) is 28.6 Å². The highest BCUT2D eigenvalue weighted by Gasteiger charge is 2.42. The number of pyridine rings is 2. The van der Waals surface area contributed by atoms with E-state index in [-0.39, 0.29) is 6.04 Å².